The van der Waals surface area contributed by atoms with Gasteiger partial charge in [0.15, 0.2) is 0 Å². The minimum Gasteiger partial charge on any atom is -1.00 e. The summed E-state index contributed by atoms with van der Waals surface area (Å²) in [6.45, 7) is 14.0. The topological polar surface area (TPSA) is 0 Å². The van der Waals surface area contributed by atoms with Crippen LogP contribution in [0.5, 0.6) is 0 Å². The van der Waals surface area contributed by atoms with E-state index in [4.69, 9.17) is 0 Å². The molecule has 2 unspecified atom stereocenters. The maximum absolute atomic E-state index is 3.81. The molecule has 0 amide bonds. The van der Waals surface area contributed by atoms with E-state index in [1.165, 1.54) is 83.4 Å². The summed E-state index contributed by atoms with van der Waals surface area (Å²) in [6, 6.07) is 13.2. The molecule has 0 spiro atoms. The zero-order valence-electron chi connectivity index (χ0n) is 24.8. The molecule has 2 atom stereocenters. The van der Waals surface area contributed by atoms with Gasteiger partial charge in [-0.1, -0.05) is 116 Å². The summed E-state index contributed by atoms with van der Waals surface area (Å²) in [5.41, 5.74) is 3.09. The molecule has 0 bridgehead atoms. The van der Waals surface area contributed by atoms with E-state index in [0.717, 1.165) is 23.7 Å². The van der Waals surface area contributed by atoms with Crippen molar-refractivity contribution >= 4 is 24.3 Å². The molecule has 39 heavy (non-hydrogen) atoms. The van der Waals surface area contributed by atoms with Crippen LogP contribution in [-0.4, -0.2) is 0 Å². The largest absolute Gasteiger partial charge is 2.00 e. The summed E-state index contributed by atoms with van der Waals surface area (Å²) in [5.74, 6) is 3.44. The van der Waals surface area contributed by atoms with Crippen molar-refractivity contribution in [2.45, 2.75) is 92.9 Å². The normalized spacial score (nSPS) is 31.9. The van der Waals surface area contributed by atoms with Crippen LogP contribution in [0.25, 0.3) is 24.3 Å². The first kappa shape index (κ1) is 34.6. The average molecular weight is 641 g/mol. The molecule has 0 N–H and O–H groups in total. The Labute approximate surface area is 269 Å². The number of fused-ring (bicyclic) bond motifs is 2. The van der Waals surface area contributed by atoms with Gasteiger partial charge in [0.2, 0.25) is 0 Å². The number of halogens is 2. The maximum atomic E-state index is 3.81. The maximum Gasteiger partial charge on any atom is 2.00 e. The summed E-state index contributed by atoms with van der Waals surface area (Å²) < 4.78 is 0. The smallest absolute Gasteiger partial charge is 1.00 e. The molecule has 0 radical (unpaired) electrons. The number of rotatable bonds is 2. The van der Waals surface area contributed by atoms with E-state index in [1.807, 2.05) is 0 Å². The van der Waals surface area contributed by atoms with Crippen LogP contribution >= 0.6 is 0 Å². The molecular weight excluding hydrogens is 595 g/mol. The fraction of sp³-hybridized carbons (Fsp3) is 0.556. The molecule has 4 aliphatic carbocycles. The molecule has 0 saturated heterocycles. The van der Waals surface area contributed by atoms with Crippen molar-refractivity contribution in [3.05, 3.63) is 68.4 Å². The van der Waals surface area contributed by atoms with E-state index in [9.17, 15) is 0 Å². The standard InChI is InChI=1S/2C18H23.2ClH.Zr/c2*1-13-7-9-16(10-8-13)18(3)11-15-6-4-5-14(2)17(15)12-18;;;/h2*4-6,11,13,16H,7-10H2,1-3H3;2*1H;/q2*-1;;;+2/p-2. The van der Waals surface area contributed by atoms with Crippen molar-refractivity contribution in [1.82, 2.24) is 0 Å². The Morgan fingerprint density at radius 1 is 0.590 bits per heavy atom. The van der Waals surface area contributed by atoms with Gasteiger partial charge in [-0.05, 0) is 23.7 Å². The fourth-order valence-corrected chi connectivity index (χ4v) is 7.38. The molecule has 0 heterocycles. The summed E-state index contributed by atoms with van der Waals surface area (Å²) >= 11 is 0. The third-order valence-corrected chi connectivity index (χ3v) is 10.0. The SMILES string of the molecule is Cc1cccc2c1=[C-]C(C)(C1CCC(C)CC1)C=2.Cc1cccc2c1=[C-]C(C)(C1CCC(C)CC1)C=2.[Cl-].[Cl-].[Zr+2]. The Morgan fingerprint density at radius 2 is 0.923 bits per heavy atom. The minimum absolute atomic E-state index is 0. The monoisotopic (exact) mass is 638 g/mol. The zero-order chi connectivity index (χ0) is 25.5. The molecule has 6 rings (SSSR count). The van der Waals surface area contributed by atoms with E-state index in [1.54, 1.807) is 0 Å². The first-order valence-electron chi connectivity index (χ1n) is 14.6. The third-order valence-electron chi connectivity index (χ3n) is 10.0. The molecule has 2 fully saturated rings. The predicted octanol–water partition coefficient (Wildman–Crippen LogP) is 0.564. The van der Waals surface area contributed by atoms with Crippen LogP contribution in [0.3, 0.4) is 0 Å². The van der Waals surface area contributed by atoms with Crippen molar-refractivity contribution in [3.8, 4) is 0 Å². The molecule has 0 nitrogen and oxygen atoms in total. The second kappa shape index (κ2) is 14.0. The molecule has 2 saturated carbocycles. The Bertz CT molecular complexity index is 1240. The van der Waals surface area contributed by atoms with Crippen LogP contribution in [0.15, 0.2) is 36.4 Å². The van der Waals surface area contributed by atoms with Gasteiger partial charge in [-0.3, -0.25) is 0 Å². The van der Waals surface area contributed by atoms with Crippen LogP contribution in [0.4, 0.5) is 0 Å². The third kappa shape index (κ3) is 7.43. The van der Waals surface area contributed by atoms with Gasteiger partial charge in [-0.25, -0.2) is 0 Å². The number of aryl methyl sites for hydroxylation is 2. The molecule has 210 valence electrons. The van der Waals surface area contributed by atoms with Gasteiger partial charge < -0.3 is 24.8 Å². The first-order chi connectivity index (χ1) is 17.2. The predicted molar refractivity (Wildman–Crippen MR) is 155 cm³/mol. The Kier molecular flexibility index (Phi) is 12.4. The molecule has 0 aliphatic heterocycles. The summed E-state index contributed by atoms with van der Waals surface area (Å²) in [5, 5.41) is 5.52. The number of hydrogen-bond acceptors (Lipinski definition) is 0. The molecule has 2 aromatic carbocycles. The molecule has 0 aromatic heterocycles. The van der Waals surface area contributed by atoms with Crippen LogP contribution in [0, 0.1) is 48.3 Å². The van der Waals surface area contributed by atoms with E-state index < -0.39 is 0 Å². The van der Waals surface area contributed by atoms with Crippen molar-refractivity contribution in [3.63, 3.8) is 0 Å². The Hall–Kier alpha value is -0.617. The second-order valence-electron chi connectivity index (χ2n) is 13.1. The van der Waals surface area contributed by atoms with E-state index in [0.29, 0.717) is 0 Å². The molecule has 3 heteroatoms. The second-order valence-corrected chi connectivity index (χ2v) is 13.1. The number of benzene rings is 2. The summed E-state index contributed by atoms with van der Waals surface area (Å²) in [6.07, 6.45) is 23.6. The van der Waals surface area contributed by atoms with Crippen LogP contribution in [0.1, 0.15) is 90.2 Å². The van der Waals surface area contributed by atoms with Gasteiger partial charge in [0.05, 0.1) is 0 Å². The molecular formula is C36H46Cl2Zr-2. The first-order valence-corrected chi connectivity index (χ1v) is 14.6. The van der Waals surface area contributed by atoms with Gasteiger partial charge in [0, 0.05) is 0 Å². The fourth-order valence-electron chi connectivity index (χ4n) is 7.38. The number of hydrogen-bond donors (Lipinski definition) is 0. The van der Waals surface area contributed by atoms with Crippen molar-refractivity contribution in [2.75, 3.05) is 0 Å². The Morgan fingerprint density at radius 3 is 1.23 bits per heavy atom. The van der Waals surface area contributed by atoms with E-state index in [-0.39, 0.29) is 61.8 Å². The van der Waals surface area contributed by atoms with Gasteiger partial charge >= 0.3 is 26.2 Å². The van der Waals surface area contributed by atoms with Gasteiger partial charge in [0.1, 0.15) is 0 Å². The van der Waals surface area contributed by atoms with Gasteiger partial charge in [-0.2, -0.15) is 33.7 Å². The van der Waals surface area contributed by atoms with Gasteiger partial charge in [-0.15, -0.1) is 46.9 Å². The quantitative estimate of drug-likeness (QED) is 0.422. The zero-order valence-corrected chi connectivity index (χ0v) is 28.8. The molecule has 2 aromatic rings. The Balaban J connectivity index is 0.000000254. The van der Waals surface area contributed by atoms with Crippen molar-refractivity contribution in [1.29, 1.82) is 0 Å². The van der Waals surface area contributed by atoms with Crippen LogP contribution in [0.2, 0.25) is 0 Å². The van der Waals surface area contributed by atoms with E-state index >= 15 is 0 Å². The summed E-state index contributed by atoms with van der Waals surface area (Å²) in [4.78, 5) is 0. The molecule has 4 aliphatic rings. The van der Waals surface area contributed by atoms with Crippen molar-refractivity contribution < 1.29 is 51.0 Å². The van der Waals surface area contributed by atoms with Crippen LogP contribution in [-0.2, 0) is 26.2 Å². The van der Waals surface area contributed by atoms with Gasteiger partial charge in [0.25, 0.3) is 0 Å². The van der Waals surface area contributed by atoms with E-state index in [2.05, 4.69) is 102 Å². The van der Waals surface area contributed by atoms with Crippen LogP contribution < -0.4 is 45.7 Å². The summed E-state index contributed by atoms with van der Waals surface area (Å²) in [7, 11) is 0. The van der Waals surface area contributed by atoms with Crippen molar-refractivity contribution in [2.24, 2.45) is 34.5 Å². The average Bonchev–Trinajstić information content (AvgIpc) is 3.40. The minimum atomic E-state index is 0.